The molecule has 1 saturated carbocycles. The number of hydrogen-bond donors (Lipinski definition) is 0. The highest BCUT2D eigenvalue weighted by Gasteiger charge is 2.15. The van der Waals surface area contributed by atoms with Crippen LogP contribution in [0.25, 0.3) is 10.8 Å². The lowest BCUT2D eigenvalue weighted by Gasteiger charge is -2.09. The lowest BCUT2D eigenvalue weighted by molar-refractivity contribution is 0.886. The molecule has 0 nitrogen and oxygen atoms in total. The van der Waals surface area contributed by atoms with Gasteiger partial charge in [0.2, 0.25) is 0 Å². The Balaban J connectivity index is 1.86. The largest absolute Gasteiger partial charge is 0.123 e. The normalized spacial score (nSPS) is 17.0. The molecule has 1 aliphatic carbocycles. The Morgan fingerprint density at radius 2 is 1.62 bits per heavy atom. The molecule has 1 heteroatoms. The predicted octanol–water partition coefficient (Wildman–Crippen LogP) is 4.87. The zero-order valence-corrected chi connectivity index (χ0v) is 10.2. The summed E-state index contributed by atoms with van der Waals surface area (Å²) in [6.45, 7) is 0. The second-order valence-electron chi connectivity index (χ2n) is 4.53. The van der Waals surface area contributed by atoms with Crippen LogP contribution < -0.4 is 0 Å². The molecular weight excluding hydrogens is 212 g/mol. The van der Waals surface area contributed by atoms with Crippen LogP contribution in [-0.4, -0.2) is 5.25 Å². The van der Waals surface area contributed by atoms with Crippen molar-refractivity contribution in [3.05, 3.63) is 42.5 Å². The lowest BCUT2D eigenvalue weighted by atomic mass is 10.1. The van der Waals surface area contributed by atoms with Gasteiger partial charge in [0.15, 0.2) is 0 Å². The van der Waals surface area contributed by atoms with Crippen LogP contribution in [0.2, 0.25) is 0 Å². The van der Waals surface area contributed by atoms with E-state index < -0.39 is 0 Å². The minimum Gasteiger partial charge on any atom is -0.123 e. The van der Waals surface area contributed by atoms with Gasteiger partial charge in [-0.05, 0) is 35.7 Å². The van der Waals surface area contributed by atoms with E-state index in [1.54, 1.807) is 0 Å². The fraction of sp³-hybridized carbons (Fsp3) is 0.333. The molecule has 82 valence electrons. The molecule has 0 unspecified atom stereocenters. The number of rotatable bonds is 2. The van der Waals surface area contributed by atoms with E-state index in [1.165, 1.54) is 41.4 Å². The summed E-state index contributed by atoms with van der Waals surface area (Å²) in [6.07, 6.45) is 5.64. The smallest absolute Gasteiger partial charge is 0.00944 e. The summed E-state index contributed by atoms with van der Waals surface area (Å²) in [5, 5.41) is 3.57. The molecule has 1 fully saturated rings. The van der Waals surface area contributed by atoms with Crippen LogP contribution in [0.3, 0.4) is 0 Å². The van der Waals surface area contributed by atoms with Crippen LogP contribution in [0.1, 0.15) is 25.7 Å². The van der Waals surface area contributed by atoms with E-state index in [-0.39, 0.29) is 0 Å². The molecule has 0 atom stereocenters. The number of thioether (sulfide) groups is 1. The van der Waals surface area contributed by atoms with Gasteiger partial charge in [0, 0.05) is 10.1 Å². The first-order valence-electron chi connectivity index (χ1n) is 6.07. The standard InChI is InChI=1S/C15H16S/c1-2-6-13-11-15(10-9-12(13)5-1)16-14-7-3-4-8-14/h1-2,5-6,9-11,14H,3-4,7-8H2. The van der Waals surface area contributed by atoms with Gasteiger partial charge in [-0.25, -0.2) is 0 Å². The molecule has 0 aliphatic heterocycles. The fourth-order valence-corrected chi connectivity index (χ4v) is 3.73. The summed E-state index contributed by atoms with van der Waals surface area (Å²) < 4.78 is 0. The fourth-order valence-electron chi connectivity index (χ4n) is 2.44. The van der Waals surface area contributed by atoms with Crippen molar-refractivity contribution in [1.82, 2.24) is 0 Å². The van der Waals surface area contributed by atoms with Crippen LogP contribution in [0.15, 0.2) is 47.4 Å². The Morgan fingerprint density at radius 1 is 0.875 bits per heavy atom. The SMILES string of the molecule is c1ccc2cc(SC3CCCC3)ccc2c1. The molecule has 0 saturated heterocycles. The van der Waals surface area contributed by atoms with E-state index in [0.717, 1.165) is 5.25 Å². The second kappa shape index (κ2) is 4.50. The Hall–Kier alpha value is -0.950. The molecule has 2 aromatic carbocycles. The highest BCUT2D eigenvalue weighted by molar-refractivity contribution is 8.00. The first-order chi connectivity index (χ1) is 7.92. The average Bonchev–Trinajstić information content (AvgIpc) is 2.82. The Morgan fingerprint density at radius 3 is 2.44 bits per heavy atom. The van der Waals surface area contributed by atoms with Crippen molar-refractivity contribution in [2.45, 2.75) is 35.8 Å². The number of fused-ring (bicyclic) bond motifs is 1. The summed E-state index contributed by atoms with van der Waals surface area (Å²) in [6, 6.07) is 15.4. The second-order valence-corrected chi connectivity index (χ2v) is 5.91. The Labute approximate surface area is 101 Å². The highest BCUT2D eigenvalue weighted by atomic mass is 32.2. The van der Waals surface area contributed by atoms with E-state index in [4.69, 9.17) is 0 Å². The highest BCUT2D eigenvalue weighted by Crippen LogP contribution is 2.35. The molecule has 1 aliphatic rings. The van der Waals surface area contributed by atoms with Gasteiger partial charge in [-0.2, -0.15) is 0 Å². The van der Waals surface area contributed by atoms with Crippen LogP contribution >= 0.6 is 11.8 Å². The van der Waals surface area contributed by atoms with E-state index in [0.29, 0.717) is 0 Å². The topological polar surface area (TPSA) is 0 Å². The lowest BCUT2D eigenvalue weighted by Crippen LogP contribution is -1.92. The van der Waals surface area contributed by atoms with Gasteiger partial charge in [0.25, 0.3) is 0 Å². The van der Waals surface area contributed by atoms with Crippen molar-refractivity contribution in [3.8, 4) is 0 Å². The number of benzene rings is 2. The molecule has 0 amide bonds. The van der Waals surface area contributed by atoms with Gasteiger partial charge in [-0.1, -0.05) is 43.2 Å². The molecule has 2 aromatic rings. The van der Waals surface area contributed by atoms with Gasteiger partial charge < -0.3 is 0 Å². The third kappa shape index (κ3) is 2.10. The monoisotopic (exact) mass is 228 g/mol. The van der Waals surface area contributed by atoms with Crippen LogP contribution in [-0.2, 0) is 0 Å². The van der Waals surface area contributed by atoms with Gasteiger partial charge in [-0.3, -0.25) is 0 Å². The van der Waals surface area contributed by atoms with Crippen LogP contribution in [0.5, 0.6) is 0 Å². The molecule has 0 N–H and O–H groups in total. The Kier molecular flexibility index (Phi) is 2.88. The molecule has 0 aromatic heterocycles. The maximum Gasteiger partial charge on any atom is 0.00944 e. The van der Waals surface area contributed by atoms with E-state index in [1.807, 2.05) is 0 Å². The minimum absolute atomic E-state index is 0.862. The third-order valence-electron chi connectivity index (χ3n) is 3.33. The summed E-state index contributed by atoms with van der Waals surface area (Å²) in [5.41, 5.74) is 0. The Bertz CT molecular complexity index is 484. The quantitative estimate of drug-likeness (QED) is 0.706. The molecule has 0 heterocycles. The molecular formula is C15H16S. The van der Waals surface area contributed by atoms with Gasteiger partial charge in [0.05, 0.1) is 0 Å². The minimum atomic E-state index is 0.862. The van der Waals surface area contributed by atoms with Crippen molar-refractivity contribution in [1.29, 1.82) is 0 Å². The summed E-state index contributed by atoms with van der Waals surface area (Å²) >= 11 is 2.07. The van der Waals surface area contributed by atoms with Crippen molar-refractivity contribution < 1.29 is 0 Å². The van der Waals surface area contributed by atoms with E-state index in [9.17, 15) is 0 Å². The summed E-state index contributed by atoms with van der Waals surface area (Å²) in [5.74, 6) is 0. The summed E-state index contributed by atoms with van der Waals surface area (Å²) in [7, 11) is 0. The zero-order chi connectivity index (χ0) is 10.8. The van der Waals surface area contributed by atoms with Crippen molar-refractivity contribution in [2.24, 2.45) is 0 Å². The van der Waals surface area contributed by atoms with Crippen LogP contribution in [0, 0.1) is 0 Å². The maximum absolute atomic E-state index is 2.33. The number of hydrogen-bond acceptors (Lipinski definition) is 1. The predicted molar refractivity (Wildman–Crippen MR) is 72.1 cm³/mol. The van der Waals surface area contributed by atoms with E-state index >= 15 is 0 Å². The van der Waals surface area contributed by atoms with Gasteiger partial charge >= 0.3 is 0 Å². The first-order valence-corrected chi connectivity index (χ1v) is 6.95. The van der Waals surface area contributed by atoms with Crippen LogP contribution in [0.4, 0.5) is 0 Å². The maximum atomic E-state index is 2.33. The van der Waals surface area contributed by atoms with Gasteiger partial charge in [-0.15, -0.1) is 11.8 Å². The van der Waals surface area contributed by atoms with Gasteiger partial charge in [0.1, 0.15) is 0 Å². The van der Waals surface area contributed by atoms with Crippen molar-refractivity contribution >= 4 is 22.5 Å². The molecule has 16 heavy (non-hydrogen) atoms. The molecule has 0 bridgehead atoms. The first kappa shape index (κ1) is 10.2. The average molecular weight is 228 g/mol. The summed E-state index contributed by atoms with van der Waals surface area (Å²) in [4.78, 5) is 1.44. The molecule has 3 rings (SSSR count). The molecule has 0 radical (unpaired) electrons. The van der Waals surface area contributed by atoms with Crippen molar-refractivity contribution in [2.75, 3.05) is 0 Å². The van der Waals surface area contributed by atoms with Crippen molar-refractivity contribution in [3.63, 3.8) is 0 Å². The molecule has 0 spiro atoms. The zero-order valence-electron chi connectivity index (χ0n) is 9.36. The van der Waals surface area contributed by atoms with E-state index in [2.05, 4.69) is 54.2 Å². The third-order valence-corrected chi connectivity index (χ3v) is 4.66.